The largest absolute Gasteiger partial charge is 0.444 e. The lowest BCUT2D eigenvalue weighted by molar-refractivity contribution is -0.145. The molecule has 0 radical (unpaired) electrons. The summed E-state index contributed by atoms with van der Waals surface area (Å²) in [5, 5.41) is 8.73. The number of ether oxygens (including phenoxy) is 2. The van der Waals surface area contributed by atoms with Gasteiger partial charge in [0.25, 0.3) is 0 Å². The van der Waals surface area contributed by atoms with Gasteiger partial charge in [0.1, 0.15) is 35.4 Å². The highest BCUT2D eigenvalue weighted by Gasteiger charge is 2.63. The van der Waals surface area contributed by atoms with Gasteiger partial charge < -0.3 is 40.1 Å². The molecule has 6 amide bonds. The van der Waals surface area contributed by atoms with Crippen LogP contribution in [-0.4, -0.2) is 113 Å². The summed E-state index contributed by atoms with van der Waals surface area (Å²) in [6, 6.07) is 6.79. The van der Waals surface area contributed by atoms with E-state index in [-0.39, 0.29) is 30.7 Å². The van der Waals surface area contributed by atoms with Crippen molar-refractivity contribution in [1.29, 1.82) is 0 Å². The van der Waals surface area contributed by atoms with Crippen molar-refractivity contribution < 1.29 is 38.2 Å². The fraction of sp³-hybridized carbons (Fsp3) is 0.632. The zero-order chi connectivity index (χ0) is 37.6. The first-order valence-electron chi connectivity index (χ1n) is 18.5. The summed E-state index contributed by atoms with van der Waals surface area (Å²) >= 11 is 0. The van der Waals surface area contributed by atoms with Crippen LogP contribution in [0.1, 0.15) is 84.1 Å². The lowest BCUT2D eigenvalue weighted by atomic mass is 10.0. The van der Waals surface area contributed by atoms with Crippen LogP contribution in [0.2, 0.25) is 0 Å². The zero-order valence-electron chi connectivity index (χ0n) is 31.0. The number of alkyl carbamates (subject to hydrolysis) is 1. The highest BCUT2D eigenvalue weighted by molar-refractivity contribution is 6.00. The van der Waals surface area contributed by atoms with Crippen LogP contribution in [0, 0.1) is 5.92 Å². The molecule has 14 nitrogen and oxygen atoms in total. The van der Waals surface area contributed by atoms with E-state index in [1.807, 2.05) is 42.5 Å². The molecule has 52 heavy (non-hydrogen) atoms. The van der Waals surface area contributed by atoms with Crippen LogP contribution < -0.4 is 16.0 Å². The fourth-order valence-corrected chi connectivity index (χ4v) is 7.29. The Morgan fingerprint density at radius 1 is 1.02 bits per heavy atom. The quantitative estimate of drug-likeness (QED) is 0.377. The minimum atomic E-state index is -1.29. The van der Waals surface area contributed by atoms with E-state index >= 15 is 0 Å². The van der Waals surface area contributed by atoms with Crippen LogP contribution in [0.4, 0.5) is 9.59 Å². The van der Waals surface area contributed by atoms with Crippen LogP contribution in [0.15, 0.2) is 42.5 Å². The average Bonchev–Trinajstić information content (AvgIpc) is 3.38. The summed E-state index contributed by atoms with van der Waals surface area (Å²) in [6.07, 6.45) is 6.68. The molecule has 4 aliphatic rings. The molecule has 0 bridgehead atoms. The van der Waals surface area contributed by atoms with Gasteiger partial charge in [-0.05, 0) is 64.9 Å². The Bertz CT molecular complexity index is 1530. The standard InChI is InChI=1S/C38H54N6O8/c1-37(2,3)52-35(49)40-28-18-13-8-6-7-12-17-26-22-38(26,41-32(46)30-21-27(24-44(30)33(28)47)51-36(50)42(4)5)34(48)43-20-14-19-29(43)31(45)39-23-25-15-10-9-11-16-25/h9-12,15-17,26-30H,6-8,13-14,18-24H2,1-5H3,(H,39,45)(H,40,49)(H,41,46)/b17-12-/t26-,27+,28-,29+,30-,38+/m0/s1. The molecule has 14 heteroatoms. The predicted octanol–water partition coefficient (Wildman–Crippen LogP) is 3.25. The second-order valence-corrected chi connectivity index (χ2v) is 15.5. The zero-order valence-corrected chi connectivity index (χ0v) is 31.0. The number of likely N-dealkylation sites (tertiary alicyclic amines) is 1. The van der Waals surface area contributed by atoms with Crippen LogP contribution in [0.25, 0.3) is 0 Å². The van der Waals surface area contributed by atoms with Gasteiger partial charge in [0.05, 0.1) is 6.54 Å². The Morgan fingerprint density at radius 2 is 1.77 bits per heavy atom. The number of carbonyl (C=O) groups is 6. The van der Waals surface area contributed by atoms with Crippen molar-refractivity contribution in [3.63, 3.8) is 0 Å². The molecule has 3 aliphatic heterocycles. The summed E-state index contributed by atoms with van der Waals surface area (Å²) in [7, 11) is 3.08. The molecule has 3 fully saturated rings. The monoisotopic (exact) mass is 722 g/mol. The van der Waals surface area contributed by atoms with E-state index in [0.29, 0.717) is 45.2 Å². The highest BCUT2D eigenvalue weighted by atomic mass is 16.6. The third kappa shape index (κ3) is 9.43. The predicted molar refractivity (Wildman–Crippen MR) is 191 cm³/mol. The number of nitrogens with zero attached hydrogens (tertiary/aromatic N) is 3. The van der Waals surface area contributed by atoms with E-state index in [9.17, 15) is 28.8 Å². The van der Waals surface area contributed by atoms with E-state index in [1.165, 1.54) is 9.80 Å². The molecule has 0 spiro atoms. The van der Waals surface area contributed by atoms with Gasteiger partial charge in [-0.1, -0.05) is 55.3 Å². The van der Waals surface area contributed by atoms with E-state index < -0.39 is 59.4 Å². The summed E-state index contributed by atoms with van der Waals surface area (Å²) in [5.41, 5.74) is -1.14. The first-order chi connectivity index (χ1) is 24.7. The van der Waals surface area contributed by atoms with Crippen molar-refractivity contribution in [2.45, 2.75) is 120 Å². The van der Waals surface area contributed by atoms with Gasteiger partial charge in [-0.2, -0.15) is 0 Å². The number of benzene rings is 1. The molecule has 3 heterocycles. The van der Waals surface area contributed by atoms with E-state index in [2.05, 4.69) is 16.0 Å². The van der Waals surface area contributed by atoms with Crippen molar-refractivity contribution >= 4 is 35.8 Å². The molecule has 0 unspecified atom stereocenters. The van der Waals surface area contributed by atoms with Crippen molar-refractivity contribution in [2.75, 3.05) is 27.2 Å². The van der Waals surface area contributed by atoms with Crippen molar-refractivity contribution in [3.8, 4) is 0 Å². The van der Waals surface area contributed by atoms with Crippen molar-refractivity contribution in [1.82, 2.24) is 30.7 Å². The van der Waals surface area contributed by atoms with Gasteiger partial charge in [-0.3, -0.25) is 19.2 Å². The van der Waals surface area contributed by atoms with Gasteiger partial charge in [-0.25, -0.2) is 9.59 Å². The van der Waals surface area contributed by atoms with Crippen LogP contribution in [0.3, 0.4) is 0 Å². The Labute approximate surface area is 306 Å². The number of carbonyl (C=O) groups excluding carboxylic acids is 6. The van der Waals surface area contributed by atoms with E-state index in [0.717, 1.165) is 24.8 Å². The van der Waals surface area contributed by atoms with Crippen molar-refractivity contribution in [2.24, 2.45) is 5.92 Å². The first kappa shape index (κ1) is 38.6. The van der Waals surface area contributed by atoms with Crippen LogP contribution in [0.5, 0.6) is 0 Å². The van der Waals surface area contributed by atoms with Gasteiger partial charge in [-0.15, -0.1) is 0 Å². The molecule has 3 N–H and O–H groups in total. The lowest BCUT2D eigenvalue weighted by Crippen LogP contribution is -2.59. The number of rotatable bonds is 6. The minimum Gasteiger partial charge on any atom is -0.444 e. The SMILES string of the molecule is CN(C)C(=O)O[C@@H]1C[C@H]2C(=O)N[C@]3(C(=O)N4CCC[C@@H]4C(=O)NCc4ccccc4)C[C@@H]3/C=C\CCCCC[C@H](NC(=O)OC(C)(C)C)C(=O)N2C1. The smallest absolute Gasteiger partial charge is 0.409 e. The van der Waals surface area contributed by atoms with Gasteiger partial charge in [0.15, 0.2) is 0 Å². The number of hydrogen-bond donors (Lipinski definition) is 3. The maximum Gasteiger partial charge on any atom is 0.409 e. The number of allylic oxidation sites excluding steroid dienone is 1. The molecular weight excluding hydrogens is 668 g/mol. The Morgan fingerprint density at radius 3 is 2.48 bits per heavy atom. The van der Waals surface area contributed by atoms with Gasteiger partial charge >= 0.3 is 12.2 Å². The lowest BCUT2D eigenvalue weighted by Gasteiger charge is -2.32. The normalized spacial score (nSPS) is 28.6. The third-order valence-electron chi connectivity index (χ3n) is 10.1. The van der Waals surface area contributed by atoms with Crippen LogP contribution in [-0.2, 0) is 35.2 Å². The second kappa shape index (κ2) is 16.4. The van der Waals surface area contributed by atoms with E-state index in [1.54, 1.807) is 39.8 Å². The molecule has 0 aromatic heterocycles. The number of amides is 6. The molecule has 1 saturated carbocycles. The molecule has 1 aromatic rings. The maximum atomic E-state index is 14.5. The molecule has 1 aliphatic carbocycles. The highest BCUT2D eigenvalue weighted by Crippen LogP contribution is 2.47. The van der Waals surface area contributed by atoms with Gasteiger partial charge in [0.2, 0.25) is 23.6 Å². The number of nitrogens with one attached hydrogen (secondary N) is 3. The number of hydrogen-bond acceptors (Lipinski definition) is 8. The molecule has 284 valence electrons. The second-order valence-electron chi connectivity index (χ2n) is 15.5. The van der Waals surface area contributed by atoms with Crippen LogP contribution >= 0.6 is 0 Å². The van der Waals surface area contributed by atoms with E-state index in [4.69, 9.17) is 9.47 Å². The number of fused-ring (bicyclic) bond motifs is 2. The summed E-state index contributed by atoms with van der Waals surface area (Å²) in [6.45, 7) is 5.83. The summed E-state index contributed by atoms with van der Waals surface area (Å²) < 4.78 is 11.1. The maximum absolute atomic E-state index is 14.5. The van der Waals surface area contributed by atoms with Crippen molar-refractivity contribution in [3.05, 3.63) is 48.0 Å². The molecule has 5 rings (SSSR count). The molecule has 6 atom stereocenters. The topological polar surface area (TPSA) is 167 Å². The molecule has 1 aromatic carbocycles. The summed E-state index contributed by atoms with van der Waals surface area (Å²) in [4.78, 5) is 86.2. The molecular formula is C38H54N6O8. The Hall–Kier alpha value is -4.62. The summed E-state index contributed by atoms with van der Waals surface area (Å²) in [5.74, 6) is -1.92. The average molecular weight is 723 g/mol. The fourth-order valence-electron chi connectivity index (χ4n) is 7.29. The molecule has 2 saturated heterocycles. The first-order valence-corrected chi connectivity index (χ1v) is 18.5. The Balaban J connectivity index is 1.39. The minimum absolute atomic E-state index is 0.00924. The van der Waals surface area contributed by atoms with Gasteiger partial charge in [0, 0.05) is 39.5 Å². The Kier molecular flexibility index (Phi) is 12.2. The third-order valence-corrected chi connectivity index (χ3v) is 10.1.